The summed E-state index contributed by atoms with van der Waals surface area (Å²) in [6.45, 7) is 4.49. The number of aromatic nitrogens is 2. The Kier molecular flexibility index (Phi) is 3.06. The second-order valence-corrected chi connectivity index (χ2v) is 5.45. The van der Waals surface area contributed by atoms with E-state index in [1.54, 1.807) is 12.1 Å². The second kappa shape index (κ2) is 4.76. The lowest BCUT2D eigenvalue weighted by Gasteiger charge is -2.18. The van der Waals surface area contributed by atoms with Crippen molar-refractivity contribution in [2.75, 3.05) is 0 Å². The van der Waals surface area contributed by atoms with Crippen LogP contribution in [0.5, 0.6) is 17.4 Å². The van der Waals surface area contributed by atoms with E-state index in [1.165, 1.54) is 0 Å². The van der Waals surface area contributed by atoms with E-state index in [4.69, 9.17) is 15.2 Å². The number of ether oxygens (including phenoxy) is 2. The maximum atomic E-state index is 5.95. The van der Waals surface area contributed by atoms with E-state index in [1.807, 2.05) is 12.1 Å². The molecular formula is C15H17N3O2. The molecule has 20 heavy (non-hydrogen) atoms. The van der Waals surface area contributed by atoms with Gasteiger partial charge in [0.2, 0.25) is 5.88 Å². The molecule has 2 heterocycles. The Morgan fingerprint density at radius 1 is 1.25 bits per heavy atom. The van der Waals surface area contributed by atoms with Gasteiger partial charge in [0.25, 0.3) is 0 Å². The van der Waals surface area contributed by atoms with Gasteiger partial charge in [-0.25, -0.2) is 0 Å². The third-order valence-electron chi connectivity index (χ3n) is 3.17. The molecule has 3 rings (SSSR count). The summed E-state index contributed by atoms with van der Waals surface area (Å²) in [7, 11) is 0. The highest BCUT2D eigenvalue weighted by Gasteiger charge is 2.32. The number of hydrogen-bond donors (Lipinski definition) is 1. The molecule has 2 N–H and O–H groups in total. The number of hydrogen-bond acceptors (Lipinski definition) is 5. The van der Waals surface area contributed by atoms with Crippen molar-refractivity contribution in [3.63, 3.8) is 0 Å². The highest BCUT2D eigenvalue weighted by Crippen LogP contribution is 2.42. The van der Waals surface area contributed by atoms with E-state index in [0.29, 0.717) is 18.2 Å². The van der Waals surface area contributed by atoms with Gasteiger partial charge in [-0.3, -0.25) is 0 Å². The Morgan fingerprint density at radius 2 is 2.10 bits per heavy atom. The predicted molar refractivity (Wildman–Crippen MR) is 74.9 cm³/mol. The van der Waals surface area contributed by atoms with Gasteiger partial charge in [0.05, 0.1) is 5.69 Å². The minimum Gasteiger partial charge on any atom is -0.483 e. The number of nitrogens with zero attached hydrogens (tertiary/aromatic N) is 2. The van der Waals surface area contributed by atoms with Crippen LogP contribution in [0.1, 0.15) is 25.1 Å². The summed E-state index contributed by atoms with van der Waals surface area (Å²) < 4.78 is 11.7. The van der Waals surface area contributed by atoms with Crippen molar-refractivity contribution >= 4 is 0 Å². The molecule has 0 bridgehead atoms. The summed E-state index contributed by atoms with van der Waals surface area (Å²) in [6, 6.07) is 9.45. The monoisotopic (exact) mass is 271 g/mol. The lowest BCUT2D eigenvalue weighted by Crippen LogP contribution is -2.24. The zero-order valence-corrected chi connectivity index (χ0v) is 11.6. The molecule has 1 aliphatic heterocycles. The molecule has 2 aromatic rings. The number of rotatable bonds is 3. The van der Waals surface area contributed by atoms with Crippen molar-refractivity contribution in [2.24, 2.45) is 5.73 Å². The molecule has 0 amide bonds. The number of fused-ring (bicyclic) bond motifs is 1. The Bertz CT molecular complexity index is 624. The molecule has 0 radical (unpaired) electrons. The van der Waals surface area contributed by atoms with Gasteiger partial charge in [0.1, 0.15) is 5.60 Å². The third kappa shape index (κ3) is 2.44. The Balaban J connectivity index is 1.87. The van der Waals surface area contributed by atoms with Gasteiger partial charge in [-0.15, -0.1) is 5.10 Å². The number of benzene rings is 1. The Labute approximate surface area is 117 Å². The average Bonchev–Trinajstić information content (AvgIpc) is 2.75. The summed E-state index contributed by atoms with van der Waals surface area (Å²) in [6.07, 6.45) is 0.872. The molecule has 0 saturated carbocycles. The maximum absolute atomic E-state index is 5.95. The smallest absolute Gasteiger partial charge is 0.239 e. The van der Waals surface area contributed by atoms with Crippen molar-refractivity contribution < 1.29 is 9.47 Å². The fourth-order valence-corrected chi connectivity index (χ4v) is 2.29. The Hall–Kier alpha value is -2.14. The predicted octanol–water partition coefficient (Wildman–Crippen LogP) is 2.44. The van der Waals surface area contributed by atoms with E-state index < -0.39 is 0 Å². The lowest BCUT2D eigenvalue weighted by atomic mass is 10.0. The van der Waals surface area contributed by atoms with Crippen LogP contribution in [0, 0.1) is 0 Å². The van der Waals surface area contributed by atoms with Crippen LogP contribution < -0.4 is 15.2 Å². The van der Waals surface area contributed by atoms with Gasteiger partial charge in [0, 0.05) is 24.6 Å². The van der Waals surface area contributed by atoms with E-state index in [-0.39, 0.29) is 5.60 Å². The topological polar surface area (TPSA) is 70.3 Å². The fourth-order valence-electron chi connectivity index (χ4n) is 2.29. The first-order chi connectivity index (χ1) is 9.57. The van der Waals surface area contributed by atoms with Crippen LogP contribution in [0.2, 0.25) is 0 Å². The van der Waals surface area contributed by atoms with Crippen molar-refractivity contribution in [3.05, 3.63) is 41.6 Å². The van der Waals surface area contributed by atoms with Crippen LogP contribution in [-0.2, 0) is 13.0 Å². The number of nitrogens with two attached hydrogens (primary N) is 1. The van der Waals surface area contributed by atoms with Crippen LogP contribution >= 0.6 is 0 Å². The van der Waals surface area contributed by atoms with Crippen LogP contribution in [0.3, 0.4) is 0 Å². The molecule has 0 saturated heterocycles. The first-order valence-electron chi connectivity index (χ1n) is 6.59. The first-order valence-corrected chi connectivity index (χ1v) is 6.59. The highest BCUT2D eigenvalue weighted by molar-refractivity contribution is 5.51. The third-order valence-corrected chi connectivity index (χ3v) is 3.17. The second-order valence-electron chi connectivity index (χ2n) is 5.45. The van der Waals surface area contributed by atoms with Gasteiger partial charge >= 0.3 is 0 Å². The van der Waals surface area contributed by atoms with Crippen molar-refractivity contribution in [1.29, 1.82) is 0 Å². The van der Waals surface area contributed by atoms with Crippen LogP contribution in [0.15, 0.2) is 30.3 Å². The molecular weight excluding hydrogens is 254 g/mol. The fraction of sp³-hybridized carbons (Fsp3) is 0.333. The molecule has 104 valence electrons. The lowest BCUT2D eigenvalue weighted by molar-refractivity contribution is 0.135. The van der Waals surface area contributed by atoms with Crippen LogP contribution in [-0.4, -0.2) is 15.8 Å². The van der Waals surface area contributed by atoms with E-state index in [0.717, 1.165) is 23.4 Å². The van der Waals surface area contributed by atoms with Gasteiger partial charge in [0.15, 0.2) is 11.5 Å². The molecule has 0 spiro atoms. The SMILES string of the molecule is CC1(C)Cc2cccc(Oc3ccc(CN)nn3)c2O1. The zero-order chi connectivity index (χ0) is 14.2. The summed E-state index contributed by atoms with van der Waals surface area (Å²) in [5, 5.41) is 7.97. The molecule has 1 aliphatic rings. The van der Waals surface area contributed by atoms with Gasteiger partial charge in [-0.05, 0) is 26.0 Å². The van der Waals surface area contributed by atoms with Gasteiger partial charge in [-0.2, -0.15) is 5.10 Å². The van der Waals surface area contributed by atoms with Crippen LogP contribution in [0.25, 0.3) is 0 Å². The van der Waals surface area contributed by atoms with Gasteiger partial charge < -0.3 is 15.2 Å². The minimum absolute atomic E-state index is 0.198. The summed E-state index contributed by atoms with van der Waals surface area (Å²) in [5.41, 5.74) is 7.18. The van der Waals surface area contributed by atoms with Crippen molar-refractivity contribution in [3.8, 4) is 17.4 Å². The zero-order valence-electron chi connectivity index (χ0n) is 11.6. The van der Waals surface area contributed by atoms with Crippen molar-refractivity contribution in [1.82, 2.24) is 10.2 Å². The van der Waals surface area contributed by atoms with E-state index in [2.05, 4.69) is 30.1 Å². The first kappa shape index (κ1) is 12.9. The molecule has 0 atom stereocenters. The van der Waals surface area contributed by atoms with Crippen LogP contribution in [0.4, 0.5) is 0 Å². The average molecular weight is 271 g/mol. The normalized spacial score (nSPS) is 15.6. The molecule has 5 nitrogen and oxygen atoms in total. The summed E-state index contributed by atoms with van der Waals surface area (Å²) in [4.78, 5) is 0. The largest absolute Gasteiger partial charge is 0.483 e. The van der Waals surface area contributed by atoms with E-state index >= 15 is 0 Å². The summed E-state index contributed by atoms with van der Waals surface area (Å²) in [5.74, 6) is 1.90. The molecule has 0 aliphatic carbocycles. The minimum atomic E-state index is -0.198. The molecule has 1 aromatic carbocycles. The molecule has 5 heteroatoms. The summed E-state index contributed by atoms with van der Waals surface area (Å²) >= 11 is 0. The maximum Gasteiger partial charge on any atom is 0.239 e. The van der Waals surface area contributed by atoms with E-state index in [9.17, 15) is 0 Å². The Morgan fingerprint density at radius 3 is 2.80 bits per heavy atom. The standard InChI is InChI=1S/C15H17N3O2/c1-15(2)8-10-4-3-5-12(14(10)20-15)19-13-7-6-11(9-16)17-18-13/h3-7H,8-9,16H2,1-2H3. The molecule has 1 aromatic heterocycles. The van der Waals surface area contributed by atoms with Gasteiger partial charge in [-0.1, -0.05) is 12.1 Å². The molecule has 0 unspecified atom stereocenters. The number of para-hydroxylation sites is 1. The molecule has 0 fully saturated rings. The highest BCUT2D eigenvalue weighted by atomic mass is 16.5. The quantitative estimate of drug-likeness (QED) is 0.928. The van der Waals surface area contributed by atoms with Crippen molar-refractivity contribution in [2.45, 2.75) is 32.4 Å².